The summed E-state index contributed by atoms with van der Waals surface area (Å²) in [5.41, 5.74) is 0. The third-order valence-electron chi connectivity index (χ3n) is 6.07. The lowest BCUT2D eigenvalue weighted by atomic mass is 9.81. The smallest absolute Gasteiger partial charge is 0.0583 e. The van der Waals surface area contributed by atoms with Crippen molar-refractivity contribution in [3.8, 4) is 0 Å². The van der Waals surface area contributed by atoms with Crippen LogP contribution < -0.4 is 0 Å². The molecule has 3 unspecified atom stereocenters. The molecule has 3 rings (SSSR count). The molecule has 0 aromatic heterocycles. The summed E-state index contributed by atoms with van der Waals surface area (Å²) in [6, 6.07) is 1.53. The minimum absolute atomic E-state index is 0.00638. The van der Waals surface area contributed by atoms with E-state index in [1.165, 1.54) is 64.3 Å². The number of aliphatic hydroxyl groups excluding tert-OH is 1. The van der Waals surface area contributed by atoms with Crippen LogP contribution in [0.4, 0.5) is 0 Å². The van der Waals surface area contributed by atoms with Crippen LogP contribution >= 0.6 is 0 Å². The zero-order chi connectivity index (χ0) is 13.2. The average molecular weight is 265 g/mol. The summed E-state index contributed by atoms with van der Waals surface area (Å²) >= 11 is 0. The summed E-state index contributed by atoms with van der Waals surface area (Å²) in [5, 5.41) is 10.3. The van der Waals surface area contributed by atoms with E-state index in [1.54, 1.807) is 0 Å². The van der Waals surface area contributed by atoms with E-state index in [1.807, 2.05) is 0 Å². The van der Waals surface area contributed by atoms with Gasteiger partial charge < -0.3 is 5.11 Å². The Bertz CT molecular complexity index is 285. The Morgan fingerprint density at radius 1 is 0.842 bits per heavy atom. The molecule has 1 N–H and O–H groups in total. The molecule has 2 nitrogen and oxygen atoms in total. The van der Waals surface area contributed by atoms with Crippen molar-refractivity contribution in [1.82, 2.24) is 4.90 Å². The molecule has 0 aromatic rings. The predicted octanol–water partition coefficient (Wildman–Crippen LogP) is 3.58. The van der Waals surface area contributed by atoms with Gasteiger partial charge in [0.15, 0.2) is 0 Å². The standard InChI is InChI=1S/C17H31NO/c1-13-8-10-14(11-9-13)18-12-3-2-6-16(18)15-5-4-7-17(15)19/h13-17,19H,2-12H2,1H3. The van der Waals surface area contributed by atoms with Gasteiger partial charge >= 0.3 is 0 Å². The van der Waals surface area contributed by atoms with Crippen LogP contribution in [0.3, 0.4) is 0 Å². The van der Waals surface area contributed by atoms with Crippen molar-refractivity contribution in [3.63, 3.8) is 0 Å². The number of rotatable bonds is 2. The van der Waals surface area contributed by atoms with Gasteiger partial charge in [-0.3, -0.25) is 4.90 Å². The lowest BCUT2D eigenvalue weighted by Gasteiger charge is -2.46. The minimum Gasteiger partial charge on any atom is -0.393 e. The van der Waals surface area contributed by atoms with Gasteiger partial charge in [-0.2, -0.15) is 0 Å². The molecule has 0 amide bonds. The van der Waals surface area contributed by atoms with Crippen LogP contribution in [-0.2, 0) is 0 Å². The zero-order valence-corrected chi connectivity index (χ0v) is 12.6. The fourth-order valence-corrected chi connectivity index (χ4v) is 4.88. The van der Waals surface area contributed by atoms with Crippen molar-refractivity contribution in [2.45, 2.75) is 89.3 Å². The summed E-state index contributed by atoms with van der Waals surface area (Å²) in [5.74, 6) is 1.52. The van der Waals surface area contributed by atoms with Gasteiger partial charge in [0, 0.05) is 18.0 Å². The first-order valence-corrected chi connectivity index (χ1v) is 8.69. The van der Waals surface area contributed by atoms with E-state index in [4.69, 9.17) is 0 Å². The summed E-state index contributed by atoms with van der Waals surface area (Å²) < 4.78 is 0. The van der Waals surface area contributed by atoms with Crippen molar-refractivity contribution in [2.24, 2.45) is 11.8 Å². The van der Waals surface area contributed by atoms with E-state index in [0.717, 1.165) is 18.4 Å². The van der Waals surface area contributed by atoms with E-state index in [9.17, 15) is 5.11 Å². The van der Waals surface area contributed by atoms with E-state index in [2.05, 4.69) is 11.8 Å². The van der Waals surface area contributed by atoms with Crippen molar-refractivity contribution in [1.29, 1.82) is 0 Å². The molecule has 1 heterocycles. The van der Waals surface area contributed by atoms with Gasteiger partial charge in [0.25, 0.3) is 0 Å². The number of aliphatic hydroxyl groups is 1. The van der Waals surface area contributed by atoms with Crippen molar-refractivity contribution < 1.29 is 5.11 Å². The van der Waals surface area contributed by atoms with E-state index >= 15 is 0 Å². The molecule has 0 bridgehead atoms. The molecule has 19 heavy (non-hydrogen) atoms. The highest BCUT2D eigenvalue weighted by molar-refractivity contribution is 4.93. The van der Waals surface area contributed by atoms with Gasteiger partial charge in [-0.1, -0.05) is 19.8 Å². The Kier molecular flexibility index (Phi) is 4.48. The predicted molar refractivity (Wildman–Crippen MR) is 79.1 cm³/mol. The largest absolute Gasteiger partial charge is 0.393 e. The minimum atomic E-state index is -0.00638. The van der Waals surface area contributed by atoms with Crippen molar-refractivity contribution in [3.05, 3.63) is 0 Å². The number of likely N-dealkylation sites (tertiary alicyclic amines) is 1. The quantitative estimate of drug-likeness (QED) is 0.825. The maximum Gasteiger partial charge on any atom is 0.0583 e. The van der Waals surface area contributed by atoms with Crippen molar-refractivity contribution in [2.75, 3.05) is 6.54 Å². The Morgan fingerprint density at radius 3 is 2.32 bits per heavy atom. The van der Waals surface area contributed by atoms with Crippen LogP contribution in [0.25, 0.3) is 0 Å². The van der Waals surface area contributed by atoms with Crippen LogP contribution in [-0.4, -0.2) is 34.7 Å². The molecule has 1 aliphatic heterocycles. The second-order valence-electron chi connectivity index (χ2n) is 7.38. The molecule has 3 aliphatic rings. The molecule has 3 fully saturated rings. The van der Waals surface area contributed by atoms with Gasteiger partial charge in [0.05, 0.1) is 6.10 Å². The van der Waals surface area contributed by atoms with E-state index in [0.29, 0.717) is 12.0 Å². The highest BCUT2D eigenvalue weighted by Gasteiger charge is 2.39. The first-order chi connectivity index (χ1) is 9.25. The third kappa shape index (κ3) is 3.00. The first kappa shape index (κ1) is 13.9. The van der Waals surface area contributed by atoms with Crippen molar-refractivity contribution >= 4 is 0 Å². The highest BCUT2D eigenvalue weighted by atomic mass is 16.3. The monoisotopic (exact) mass is 265 g/mol. The maximum absolute atomic E-state index is 10.3. The fraction of sp³-hybridized carbons (Fsp3) is 1.00. The van der Waals surface area contributed by atoms with Gasteiger partial charge in [0.1, 0.15) is 0 Å². The second kappa shape index (κ2) is 6.13. The number of hydrogen-bond donors (Lipinski definition) is 1. The van der Waals surface area contributed by atoms with Gasteiger partial charge in [-0.25, -0.2) is 0 Å². The van der Waals surface area contributed by atoms with Crippen LogP contribution in [0.2, 0.25) is 0 Å². The highest BCUT2D eigenvalue weighted by Crippen LogP contribution is 2.38. The molecule has 0 spiro atoms. The van der Waals surface area contributed by atoms with Gasteiger partial charge in [0.2, 0.25) is 0 Å². The van der Waals surface area contributed by atoms with E-state index < -0.39 is 0 Å². The number of nitrogens with zero attached hydrogens (tertiary/aromatic N) is 1. The van der Waals surface area contributed by atoms with Crippen LogP contribution in [0.5, 0.6) is 0 Å². The number of hydrogen-bond acceptors (Lipinski definition) is 2. The summed E-state index contributed by atoms with van der Waals surface area (Å²) in [6.07, 6.45) is 13.3. The summed E-state index contributed by atoms with van der Waals surface area (Å²) in [7, 11) is 0. The second-order valence-corrected chi connectivity index (χ2v) is 7.38. The molecule has 0 aromatic carbocycles. The summed E-state index contributed by atoms with van der Waals surface area (Å²) in [4.78, 5) is 2.83. The molecule has 1 saturated heterocycles. The van der Waals surface area contributed by atoms with Crippen LogP contribution in [0.15, 0.2) is 0 Å². The first-order valence-electron chi connectivity index (χ1n) is 8.69. The van der Waals surface area contributed by atoms with Crippen LogP contribution in [0.1, 0.15) is 71.1 Å². The Hall–Kier alpha value is -0.0800. The van der Waals surface area contributed by atoms with Crippen LogP contribution in [0, 0.1) is 11.8 Å². The van der Waals surface area contributed by atoms with Gasteiger partial charge in [-0.15, -0.1) is 0 Å². The topological polar surface area (TPSA) is 23.5 Å². The maximum atomic E-state index is 10.3. The SMILES string of the molecule is CC1CCC(N2CCCCC2C2CCCC2O)CC1. The zero-order valence-electron chi connectivity index (χ0n) is 12.6. The summed E-state index contributed by atoms with van der Waals surface area (Å²) in [6.45, 7) is 3.71. The fourth-order valence-electron chi connectivity index (χ4n) is 4.88. The Labute approximate surface area is 118 Å². The Balaban J connectivity index is 1.66. The molecule has 2 saturated carbocycles. The lowest BCUT2D eigenvalue weighted by molar-refractivity contribution is -0.00125. The molecule has 2 heteroatoms. The van der Waals surface area contributed by atoms with E-state index in [-0.39, 0.29) is 6.10 Å². The van der Waals surface area contributed by atoms with Gasteiger partial charge in [-0.05, 0) is 63.8 Å². The third-order valence-corrected chi connectivity index (χ3v) is 6.07. The normalized spacial score (nSPS) is 45.5. The Morgan fingerprint density at radius 2 is 1.63 bits per heavy atom. The molecule has 110 valence electrons. The average Bonchev–Trinajstić information content (AvgIpc) is 2.86. The molecular weight excluding hydrogens is 234 g/mol. The molecule has 0 radical (unpaired) electrons. The molecule has 3 atom stereocenters. The lowest BCUT2D eigenvalue weighted by Crippen LogP contribution is -2.52. The molecular formula is C17H31NO. The molecule has 2 aliphatic carbocycles. The number of piperidine rings is 1.